The Morgan fingerprint density at radius 3 is 2.52 bits per heavy atom. The van der Waals surface area contributed by atoms with Crippen LogP contribution in [-0.2, 0) is 13.0 Å². The minimum atomic E-state index is -0.0476. The molecule has 0 saturated heterocycles. The maximum absolute atomic E-state index is 12.4. The van der Waals surface area contributed by atoms with Crippen molar-refractivity contribution in [3.05, 3.63) is 62.8 Å². The predicted octanol–water partition coefficient (Wildman–Crippen LogP) is 4.67. The molecule has 5 heteroatoms. The van der Waals surface area contributed by atoms with E-state index >= 15 is 0 Å². The molecule has 1 aromatic carbocycles. The van der Waals surface area contributed by atoms with E-state index in [9.17, 15) is 4.79 Å². The number of hydrogen-bond acceptors (Lipinski definition) is 4. The molecule has 0 aliphatic rings. The van der Waals surface area contributed by atoms with E-state index in [0.29, 0.717) is 11.4 Å². The largest absolute Gasteiger partial charge is 0.346 e. The first-order chi connectivity index (χ1) is 11.2. The van der Waals surface area contributed by atoms with E-state index in [1.165, 1.54) is 21.1 Å². The Balaban J connectivity index is 1.71. The standard InChI is InChI=1S/C18H18N2OS2/c1-3-14-9-10-15(22-14)11-19-17(21)16-12(2)20-18(23-16)13-7-5-4-6-8-13/h4-10H,3,11H2,1-2H3,(H,19,21). The summed E-state index contributed by atoms with van der Waals surface area (Å²) in [7, 11) is 0. The fourth-order valence-electron chi connectivity index (χ4n) is 2.27. The molecular weight excluding hydrogens is 324 g/mol. The van der Waals surface area contributed by atoms with E-state index in [0.717, 1.165) is 22.7 Å². The van der Waals surface area contributed by atoms with Crippen LogP contribution in [0.2, 0.25) is 0 Å². The molecule has 0 fully saturated rings. The highest BCUT2D eigenvalue weighted by Crippen LogP contribution is 2.27. The maximum atomic E-state index is 12.4. The predicted molar refractivity (Wildman–Crippen MR) is 97.2 cm³/mol. The third-order valence-corrected chi connectivity index (χ3v) is 5.95. The normalized spacial score (nSPS) is 10.7. The number of carbonyl (C=O) groups excluding carboxylic acids is 1. The van der Waals surface area contributed by atoms with Gasteiger partial charge in [-0.05, 0) is 25.5 Å². The zero-order valence-corrected chi connectivity index (χ0v) is 14.8. The smallest absolute Gasteiger partial charge is 0.263 e. The number of aryl methyl sites for hydroxylation is 2. The van der Waals surface area contributed by atoms with Gasteiger partial charge in [0.2, 0.25) is 0 Å². The molecule has 0 bridgehead atoms. The Bertz CT molecular complexity index is 806. The molecule has 2 heterocycles. The summed E-state index contributed by atoms with van der Waals surface area (Å²) in [5.41, 5.74) is 1.83. The van der Waals surface area contributed by atoms with E-state index in [-0.39, 0.29) is 5.91 Å². The molecule has 3 nitrogen and oxygen atoms in total. The minimum absolute atomic E-state index is 0.0476. The Labute approximate surface area is 144 Å². The van der Waals surface area contributed by atoms with Crippen LogP contribution in [-0.4, -0.2) is 10.9 Å². The van der Waals surface area contributed by atoms with Crippen molar-refractivity contribution in [3.8, 4) is 10.6 Å². The first-order valence-corrected chi connectivity index (χ1v) is 9.19. The number of nitrogens with one attached hydrogen (secondary N) is 1. The fraction of sp³-hybridized carbons (Fsp3) is 0.222. The highest BCUT2D eigenvalue weighted by molar-refractivity contribution is 7.17. The van der Waals surface area contributed by atoms with Crippen molar-refractivity contribution in [3.63, 3.8) is 0 Å². The van der Waals surface area contributed by atoms with Crippen LogP contribution in [0.1, 0.15) is 32.0 Å². The summed E-state index contributed by atoms with van der Waals surface area (Å²) < 4.78 is 0. The fourth-order valence-corrected chi connectivity index (χ4v) is 4.15. The number of carbonyl (C=O) groups is 1. The van der Waals surface area contributed by atoms with Crippen molar-refractivity contribution in [2.75, 3.05) is 0 Å². The number of nitrogens with zero attached hydrogens (tertiary/aromatic N) is 1. The summed E-state index contributed by atoms with van der Waals surface area (Å²) in [6.45, 7) is 4.60. The van der Waals surface area contributed by atoms with Gasteiger partial charge in [-0.3, -0.25) is 4.79 Å². The molecule has 3 aromatic rings. The second kappa shape index (κ2) is 7.06. The van der Waals surface area contributed by atoms with Gasteiger partial charge in [-0.25, -0.2) is 4.98 Å². The topological polar surface area (TPSA) is 42.0 Å². The zero-order valence-electron chi connectivity index (χ0n) is 13.1. The third-order valence-electron chi connectivity index (χ3n) is 3.51. The van der Waals surface area contributed by atoms with Gasteiger partial charge in [-0.2, -0.15) is 0 Å². The first kappa shape index (κ1) is 15.9. The van der Waals surface area contributed by atoms with Crippen LogP contribution in [0.3, 0.4) is 0 Å². The van der Waals surface area contributed by atoms with Crippen LogP contribution in [0.5, 0.6) is 0 Å². The third kappa shape index (κ3) is 3.68. The zero-order chi connectivity index (χ0) is 16.2. The first-order valence-electron chi connectivity index (χ1n) is 7.56. The van der Waals surface area contributed by atoms with Crippen molar-refractivity contribution >= 4 is 28.6 Å². The lowest BCUT2D eigenvalue weighted by molar-refractivity contribution is 0.0954. The monoisotopic (exact) mass is 342 g/mol. The number of benzene rings is 1. The molecule has 1 N–H and O–H groups in total. The molecule has 0 aliphatic carbocycles. The number of aromatic nitrogens is 1. The van der Waals surface area contributed by atoms with Crippen molar-refractivity contribution in [1.29, 1.82) is 0 Å². The van der Waals surface area contributed by atoms with E-state index in [4.69, 9.17) is 0 Å². The molecule has 0 aliphatic heterocycles. The van der Waals surface area contributed by atoms with Crippen LogP contribution in [0.4, 0.5) is 0 Å². The molecule has 0 saturated carbocycles. The van der Waals surface area contributed by atoms with Crippen molar-refractivity contribution in [2.24, 2.45) is 0 Å². The lowest BCUT2D eigenvalue weighted by atomic mass is 10.2. The summed E-state index contributed by atoms with van der Waals surface area (Å²) in [6.07, 6.45) is 1.03. The average molecular weight is 342 g/mol. The lowest BCUT2D eigenvalue weighted by Gasteiger charge is -2.01. The Hall–Kier alpha value is -1.98. The van der Waals surface area contributed by atoms with E-state index in [1.54, 1.807) is 11.3 Å². The maximum Gasteiger partial charge on any atom is 0.263 e. The molecule has 23 heavy (non-hydrogen) atoms. The van der Waals surface area contributed by atoms with Crippen LogP contribution in [0, 0.1) is 6.92 Å². The molecule has 0 spiro atoms. The number of amides is 1. The minimum Gasteiger partial charge on any atom is -0.346 e. The van der Waals surface area contributed by atoms with Crippen molar-refractivity contribution in [1.82, 2.24) is 10.3 Å². The van der Waals surface area contributed by atoms with Gasteiger partial charge in [0.25, 0.3) is 5.91 Å². The summed E-state index contributed by atoms with van der Waals surface area (Å²) >= 11 is 3.20. The van der Waals surface area contributed by atoms with Gasteiger partial charge in [0.05, 0.1) is 12.2 Å². The van der Waals surface area contributed by atoms with Gasteiger partial charge < -0.3 is 5.32 Å². The summed E-state index contributed by atoms with van der Waals surface area (Å²) in [4.78, 5) is 20.2. The molecule has 0 unspecified atom stereocenters. The SMILES string of the molecule is CCc1ccc(CNC(=O)c2sc(-c3ccccc3)nc2C)s1. The van der Waals surface area contributed by atoms with Crippen LogP contribution < -0.4 is 5.32 Å². The average Bonchev–Trinajstić information content (AvgIpc) is 3.20. The van der Waals surface area contributed by atoms with E-state index < -0.39 is 0 Å². The summed E-state index contributed by atoms with van der Waals surface area (Å²) in [5, 5.41) is 3.89. The summed E-state index contributed by atoms with van der Waals surface area (Å²) in [5.74, 6) is -0.0476. The Morgan fingerprint density at radius 2 is 1.83 bits per heavy atom. The molecule has 2 aromatic heterocycles. The number of thiophene rings is 1. The molecule has 0 atom stereocenters. The molecule has 1 amide bonds. The van der Waals surface area contributed by atoms with E-state index in [2.05, 4.69) is 29.4 Å². The van der Waals surface area contributed by atoms with Crippen LogP contribution in [0.25, 0.3) is 10.6 Å². The van der Waals surface area contributed by atoms with Crippen molar-refractivity contribution < 1.29 is 4.79 Å². The van der Waals surface area contributed by atoms with Gasteiger partial charge in [-0.1, -0.05) is 37.3 Å². The van der Waals surface area contributed by atoms with Crippen LogP contribution in [0.15, 0.2) is 42.5 Å². The van der Waals surface area contributed by atoms with E-state index in [1.807, 2.05) is 37.3 Å². The van der Waals surface area contributed by atoms with Crippen molar-refractivity contribution in [2.45, 2.75) is 26.8 Å². The van der Waals surface area contributed by atoms with Gasteiger partial charge in [0.15, 0.2) is 0 Å². The lowest BCUT2D eigenvalue weighted by Crippen LogP contribution is -2.22. The Morgan fingerprint density at radius 1 is 1.09 bits per heavy atom. The second-order valence-electron chi connectivity index (χ2n) is 5.20. The van der Waals surface area contributed by atoms with Gasteiger partial charge in [-0.15, -0.1) is 22.7 Å². The molecule has 0 radical (unpaired) electrons. The Kier molecular flexibility index (Phi) is 4.88. The van der Waals surface area contributed by atoms with Crippen LogP contribution >= 0.6 is 22.7 Å². The number of hydrogen-bond donors (Lipinski definition) is 1. The summed E-state index contributed by atoms with van der Waals surface area (Å²) in [6, 6.07) is 14.2. The highest BCUT2D eigenvalue weighted by Gasteiger charge is 2.16. The van der Waals surface area contributed by atoms with Gasteiger partial charge in [0, 0.05) is 15.3 Å². The number of thiazole rings is 1. The molecule has 118 valence electrons. The molecular formula is C18H18N2OS2. The van der Waals surface area contributed by atoms with Gasteiger partial charge in [0.1, 0.15) is 9.88 Å². The second-order valence-corrected chi connectivity index (χ2v) is 7.46. The quantitative estimate of drug-likeness (QED) is 0.732. The number of rotatable bonds is 5. The molecule has 3 rings (SSSR count). The highest BCUT2D eigenvalue weighted by atomic mass is 32.1. The van der Waals surface area contributed by atoms with Gasteiger partial charge >= 0.3 is 0 Å².